The zero-order chi connectivity index (χ0) is 23.4. The largest absolute Gasteiger partial charge is 0.507 e. The highest BCUT2D eigenvalue weighted by Gasteiger charge is 2.46. The van der Waals surface area contributed by atoms with Crippen LogP contribution >= 0.6 is 0 Å². The number of benzene rings is 2. The smallest absolute Gasteiger partial charge is 0.295 e. The van der Waals surface area contributed by atoms with Gasteiger partial charge in [-0.25, -0.2) is 4.39 Å². The van der Waals surface area contributed by atoms with Crippen LogP contribution < -0.4 is 9.64 Å². The highest BCUT2D eigenvalue weighted by Crippen LogP contribution is 2.41. The highest BCUT2D eigenvalue weighted by molar-refractivity contribution is 6.46. The molecule has 1 fully saturated rings. The average Bonchev–Trinajstić information content (AvgIpc) is 3.05. The van der Waals surface area contributed by atoms with E-state index in [1.54, 1.807) is 0 Å². The van der Waals surface area contributed by atoms with Crippen molar-refractivity contribution in [1.82, 2.24) is 4.90 Å². The summed E-state index contributed by atoms with van der Waals surface area (Å²) in [6.07, 6.45) is 0.643. The molecule has 1 aliphatic rings. The maximum Gasteiger partial charge on any atom is 0.295 e. The van der Waals surface area contributed by atoms with Crippen LogP contribution in [-0.4, -0.2) is 48.4 Å². The molecule has 1 N–H and O–H groups in total. The first-order valence-electron chi connectivity index (χ1n) is 10.8. The number of amides is 1. The first-order valence-corrected chi connectivity index (χ1v) is 10.8. The summed E-state index contributed by atoms with van der Waals surface area (Å²) in [5, 5.41) is 11.1. The molecular formula is C25H29FN2O4. The minimum absolute atomic E-state index is 0.0340. The van der Waals surface area contributed by atoms with Crippen molar-refractivity contribution in [3.8, 4) is 5.75 Å². The number of carbonyl (C=O) groups excluding carboxylic acids is 2. The standard InChI is InChI=1S/C25H29FN2O4/c1-5-14-28-22(16-8-11-18(12-9-16)27(6-2)7-3)21(24(30)25(28)31)23(29)19-15-17(26)10-13-20(19)32-4/h8-13,15,22,29H,5-7,14H2,1-4H3/b23-21+. The quantitative estimate of drug-likeness (QED) is 0.372. The number of carbonyl (C=O) groups is 2. The highest BCUT2D eigenvalue weighted by atomic mass is 19.1. The molecule has 1 amide bonds. The molecule has 0 aromatic heterocycles. The number of methoxy groups -OCH3 is 1. The number of anilines is 1. The van der Waals surface area contributed by atoms with E-state index in [1.165, 1.54) is 24.1 Å². The van der Waals surface area contributed by atoms with E-state index in [0.29, 0.717) is 18.5 Å². The van der Waals surface area contributed by atoms with Gasteiger partial charge >= 0.3 is 0 Å². The topological polar surface area (TPSA) is 70.1 Å². The Labute approximate surface area is 187 Å². The minimum Gasteiger partial charge on any atom is -0.507 e. The van der Waals surface area contributed by atoms with Crippen LogP contribution in [0.5, 0.6) is 5.75 Å². The zero-order valence-corrected chi connectivity index (χ0v) is 18.9. The van der Waals surface area contributed by atoms with Gasteiger partial charge in [-0.15, -0.1) is 0 Å². The van der Waals surface area contributed by atoms with Crippen molar-refractivity contribution in [2.75, 3.05) is 31.6 Å². The van der Waals surface area contributed by atoms with Crippen LogP contribution in [0, 0.1) is 5.82 Å². The Balaban J connectivity index is 2.17. The molecule has 3 rings (SSSR count). The van der Waals surface area contributed by atoms with Crippen LogP contribution in [0.15, 0.2) is 48.0 Å². The molecule has 0 saturated carbocycles. The maximum absolute atomic E-state index is 14.0. The number of rotatable bonds is 8. The fraction of sp³-hybridized carbons (Fsp3) is 0.360. The van der Waals surface area contributed by atoms with Crippen LogP contribution in [0.1, 0.15) is 44.4 Å². The lowest BCUT2D eigenvalue weighted by atomic mass is 9.94. The Bertz CT molecular complexity index is 1030. The lowest BCUT2D eigenvalue weighted by Crippen LogP contribution is -2.30. The number of ether oxygens (including phenoxy) is 1. The molecule has 1 aliphatic heterocycles. The molecule has 0 aliphatic carbocycles. The summed E-state index contributed by atoms with van der Waals surface area (Å²) >= 11 is 0. The third-order valence-corrected chi connectivity index (χ3v) is 5.76. The Hall–Kier alpha value is -3.35. The van der Waals surface area contributed by atoms with E-state index in [2.05, 4.69) is 18.7 Å². The van der Waals surface area contributed by atoms with Crippen molar-refractivity contribution < 1.29 is 23.8 Å². The van der Waals surface area contributed by atoms with E-state index >= 15 is 0 Å². The molecule has 2 aromatic rings. The second kappa shape index (κ2) is 9.85. The van der Waals surface area contributed by atoms with Gasteiger partial charge in [-0.1, -0.05) is 19.1 Å². The number of ketones is 1. The molecule has 7 heteroatoms. The summed E-state index contributed by atoms with van der Waals surface area (Å²) in [5.74, 6) is -2.30. The van der Waals surface area contributed by atoms with E-state index in [9.17, 15) is 19.1 Å². The Morgan fingerprint density at radius 3 is 2.31 bits per heavy atom. The molecule has 0 spiro atoms. The normalized spacial score (nSPS) is 17.7. The maximum atomic E-state index is 14.0. The summed E-state index contributed by atoms with van der Waals surface area (Å²) in [6, 6.07) is 10.5. The van der Waals surface area contributed by atoms with Gasteiger partial charge in [0.15, 0.2) is 0 Å². The molecule has 1 heterocycles. The van der Waals surface area contributed by atoms with Crippen molar-refractivity contribution in [3.05, 3.63) is 65.0 Å². The lowest BCUT2D eigenvalue weighted by molar-refractivity contribution is -0.139. The van der Waals surface area contributed by atoms with Gasteiger partial charge in [-0.3, -0.25) is 9.59 Å². The summed E-state index contributed by atoms with van der Waals surface area (Å²) in [7, 11) is 1.39. The second-order valence-corrected chi connectivity index (χ2v) is 7.60. The number of nitrogens with zero attached hydrogens (tertiary/aromatic N) is 2. The lowest BCUT2D eigenvalue weighted by Gasteiger charge is -2.26. The number of hydrogen-bond donors (Lipinski definition) is 1. The van der Waals surface area contributed by atoms with Crippen molar-refractivity contribution in [2.45, 2.75) is 33.2 Å². The molecule has 0 bridgehead atoms. The van der Waals surface area contributed by atoms with Gasteiger partial charge in [0.1, 0.15) is 17.3 Å². The number of aliphatic hydroxyl groups is 1. The van der Waals surface area contributed by atoms with Gasteiger partial charge in [0.2, 0.25) is 0 Å². The van der Waals surface area contributed by atoms with Gasteiger partial charge in [-0.2, -0.15) is 0 Å². The summed E-state index contributed by atoms with van der Waals surface area (Å²) in [5.41, 5.74) is 1.69. The van der Waals surface area contributed by atoms with Crippen molar-refractivity contribution in [2.24, 2.45) is 0 Å². The summed E-state index contributed by atoms with van der Waals surface area (Å²) < 4.78 is 19.2. The monoisotopic (exact) mass is 440 g/mol. The molecule has 170 valence electrons. The SMILES string of the molecule is CCCN1C(=O)C(=O)/C(=C(/O)c2cc(F)ccc2OC)C1c1ccc(N(CC)CC)cc1. The Morgan fingerprint density at radius 1 is 1.09 bits per heavy atom. The van der Waals surface area contributed by atoms with Gasteiger partial charge in [0.05, 0.1) is 24.3 Å². The van der Waals surface area contributed by atoms with Crippen molar-refractivity contribution >= 4 is 23.1 Å². The molecule has 32 heavy (non-hydrogen) atoms. The number of Topliss-reactive ketones (excluding diaryl/α,β-unsaturated/α-hetero) is 1. The van der Waals surface area contributed by atoms with E-state index in [-0.39, 0.29) is 16.9 Å². The molecular weight excluding hydrogens is 411 g/mol. The van der Waals surface area contributed by atoms with Crippen molar-refractivity contribution in [1.29, 1.82) is 0 Å². The zero-order valence-electron chi connectivity index (χ0n) is 18.9. The number of hydrogen-bond acceptors (Lipinski definition) is 5. The molecule has 6 nitrogen and oxygen atoms in total. The number of aliphatic hydroxyl groups excluding tert-OH is 1. The average molecular weight is 441 g/mol. The minimum atomic E-state index is -0.792. The molecule has 1 atom stereocenters. The van der Waals surface area contributed by atoms with Crippen LogP contribution in [0.4, 0.5) is 10.1 Å². The molecule has 1 unspecified atom stereocenters. The summed E-state index contributed by atoms with van der Waals surface area (Å²) in [4.78, 5) is 29.5. The van der Waals surface area contributed by atoms with Crippen LogP contribution in [-0.2, 0) is 9.59 Å². The Morgan fingerprint density at radius 2 is 1.75 bits per heavy atom. The van der Waals surface area contributed by atoms with Crippen LogP contribution in [0.25, 0.3) is 5.76 Å². The summed E-state index contributed by atoms with van der Waals surface area (Å²) in [6.45, 7) is 8.10. The first kappa shape index (κ1) is 23.3. The number of halogens is 1. The first-order chi connectivity index (χ1) is 15.4. The fourth-order valence-electron chi connectivity index (χ4n) is 4.16. The van der Waals surface area contributed by atoms with Crippen LogP contribution in [0.3, 0.4) is 0 Å². The number of likely N-dealkylation sites (tertiary alicyclic amines) is 1. The van der Waals surface area contributed by atoms with E-state index in [1.807, 2.05) is 31.2 Å². The molecule has 1 saturated heterocycles. The predicted molar refractivity (Wildman–Crippen MR) is 122 cm³/mol. The van der Waals surface area contributed by atoms with E-state index in [4.69, 9.17) is 4.74 Å². The van der Waals surface area contributed by atoms with Gasteiger partial charge in [0.25, 0.3) is 11.7 Å². The molecule has 2 aromatic carbocycles. The fourth-order valence-corrected chi connectivity index (χ4v) is 4.16. The second-order valence-electron chi connectivity index (χ2n) is 7.60. The van der Waals surface area contributed by atoms with Gasteiger partial charge in [0, 0.05) is 25.3 Å². The molecule has 0 radical (unpaired) electrons. The van der Waals surface area contributed by atoms with Crippen molar-refractivity contribution in [3.63, 3.8) is 0 Å². The predicted octanol–water partition coefficient (Wildman–Crippen LogP) is 4.51. The Kier molecular flexibility index (Phi) is 7.18. The van der Waals surface area contributed by atoms with Crippen LogP contribution in [0.2, 0.25) is 0 Å². The van der Waals surface area contributed by atoms with Gasteiger partial charge in [-0.05, 0) is 56.2 Å². The van der Waals surface area contributed by atoms with Gasteiger partial charge < -0.3 is 19.6 Å². The van der Waals surface area contributed by atoms with E-state index in [0.717, 1.165) is 24.8 Å². The van der Waals surface area contributed by atoms with E-state index < -0.39 is 29.3 Å². The third-order valence-electron chi connectivity index (χ3n) is 5.76. The third kappa shape index (κ3) is 4.20.